The van der Waals surface area contributed by atoms with Crippen molar-refractivity contribution in [1.82, 2.24) is 20.0 Å². The van der Waals surface area contributed by atoms with Gasteiger partial charge in [-0.3, -0.25) is 14.3 Å². The average molecular weight is 404 g/mol. The van der Waals surface area contributed by atoms with Crippen LogP contribution in [0, 0.1) is 17.6 Å². The Morgan fingerprint density at radius 3 is 2.55 bits per heavy atom. The molecule has 2 aromatic rings. The minimum atomic E-state index is -0.769. The average Bonchev–Trinajstić information content (AvgIpc) is 3.03. The molecule has 0 aliphatic carbocycles. The number of hydrogen-bond acceptors (Lipinski definition) is 3. The Morgan fingerprint density at radius 2 is 1.93 bits per heavy atom. The molecule has 0 bridgehead atoms. The standard InChI is InChI=1S/C21H26F2N4O2/c1-13(2)10-19(28)27-8-6-15(7-9-27)24-21(29)17-12-26(3)25-20(17)16-5-4-14(22)11-18(16)23/h4-5,11-13,15H,6-10H2,1-3H3,(H,24,29). The Hall–Kier alpha value is -2.77. The van der Waals surface area contributed by atoms with Crippen molar-refractivity contribution in [2.75, 3.05) is 13.1 Å². The van der Waals surface area contributed by atoms with Crippen molar-refractivity contribution in [3.05, 3.63) is 41.6 Å². The lowest BCUT2D eigenvalue weighted by Crippen LogP contribution is -2.46. The molecular weight excluding hydrogens is 378 g/mol. The number of aryl methyl sites for hydroxylation is 1. The van der Waals surface area contributed by atoms with Gasteiger partial charge in [0.05, 0.1) is 5.56 Å². The number of nitrogens with zero attached hydrogens (tertiary/aromatic N) is 3. The molecule has 8 heteroatoms. The number of likely N-dealkylation sites (tertiary alicyclic amines) is 1. The van der Waals surface area contributed by atoms with Crippen molar-refractivity contribution in [1.29, 1.82) is 0 Å². The second-order valence-corrected chi connectivity index (χ2v) is 7.92. The van der Waals surface area contributed by atoms with E-state index in [0.29, 0.717) is 38.3 Å². The molecule has 1 aromatic carbocycles. The summed E-state index contributed by atoms with van der Waals surface area (Å²) in [5, 5.41) is 7.15. The van der Waals surface area contributed by atoms with E-state index in [0.717, 1.165) is 12.1 Å². The fourth-order valence-electron chi connectivity index (χ4n) is 3.55. The third kappa shape index (κ3) is 4.99. The van der Waals surface area contributed by atoms with Crippen LogP contribution in [0.5, 0.6) is 0 Å². The Balaban J connectivity index is 1.67. The van der Waals surface area contributed by atoms with Crippen LogP contribution in [0.25, 0.3) is 11.3 Å². The van der Waals surface area contributed by atoms with Crippen LogP contribution in [-0.4, -0.2) is 45.6 Å². The number of hydrogen-bond donors (Lipinski definition) is 1. The molecule has 0 radical (unpaired) electrons. The topological polar surface area (TPSA) is 67.2 Å². The van der Waals surface area contributed by atoms with E-state index in [1.807, 2.05) is 18.7 Å². The highest BCUT2D eigenvalue weighted by molar-refractivity contribution is 6.00. The monoisotopic (exact) mass is 404 g/mol. The van der Waals surface area contributed by atoms with E-state index in [4.69, 9.17) is 0 Å². The van der Waals surface area contributed by atoms with Crippen LogP contribution in [0.1, 0.15) is 43.5 Å². The van der Waals surface area contributed by atoms with Gasteiger partial charge in [0.15, 0.2) is 0 Å². The number of amides is 2. The van der Waals surface area contributed by atoms with Crippen molar-refractivity contribution in [2.24, 2.45) is 13.0 Å². The van der Waals surface area contributed by atoms with Crippen molar-refractivity contribution in [3.8, 4) is 11.3 Å². The van der Waals surface area contributed by atoms with E-state index in [2.05, 4.69) is 10.4 Å². The first-order chi connectivity index (χ1) is 13.7. The van der Waals surface area contributed by atoms with Crippen molar-refractivity contribution in [3.63, 3.8) is 0 Å². The highest BCUT2D eigenvalue weighted by atomic mass is 19.1. The van der Waals surface area contributed by atoms with E-state index in [9.17, 15) is 18.4 Å². The Morgan fingerprint density at radius 1 is 1.24 bits per heavy atom. The van der Waals surface area contributed by atoms with E-state index in [-0.39, 0.29) is 34.7 Å². The summed E-state index contributed by atoms with van der Waals surface area (Å²) in [5.41, 5.74) is 0.481. The molecule has 156 valence electrons. The third-order valence-corrected chi connectivity index (χ3v) is 5.03. The normalized spacial score (nSPS) is 15.0. The van der Waals surface area contributed by atoms with Gasteiger partial charge in [-0.1, -0.05) is 13.8 Å². The summed E-state index contributed by atoms with van der Waals surface area (Å²) < 4.78 is 28.9. The maximum absolute atomic E-state index is 14.2. The smallest absolute Gasteiger partial charge is 0.255 e. The van der Waals surface area contributed by atoms with Gasteiger partial charge in [-0.2, -0.15) is 5.10 Å². The van der Waals surface area contributed by atoms with Gasteiger partial charge in [-0.05, 0) is 30.9 Å². The largest absolute Gasteiger partial charge is 0.349 e. The first kappa shape index (κ1) is 21.0. The van der Waals surface area contributed by atoms with Gasteiger partial charge in [0, 0.05) is 50.4 Å². The van der Waals surface area contributed by atoms with Gasteiger partial charge in [-0.15, -0.1) is 0 Å². The number of nitrogens with one attached hydrogen (secondary N) is 1. The summed E-state index contributed by atoms with van der Waals surface area (Å²) >= 11 is 0. The second kappa shape index (κ2) is 8.71. The van der Waals surface area contributed by atoms with Gasteiger partial charge in [0.25, 0.3) is 5.91 Å². The molecule has 29 heavy (non-hydrogen) atoms. The Kier molecular flexibility index (Phi) is 6.30. The molecule has 1 aliphatic rings. The highest BCUT2D eigenvalue weighted by Gasteiger charge is 2.26. The molecule has 1 saturated heterocycles. The van der Waals surface area contributed by atoms with Gasteiger partial charge >= 0.3 is 0 Å². The SMILES string of the molecule is CC(C)CC(=O)N1CCC(NC(=O)c2cn(C)nc2-c2ccc(F)cc2F)CC1. The predicted molar refractivity (Wildman–Crippen MR) is 105 cm³/mol. The fourth-order valence-corrected chi connectivity index (χ4v) is 3.55. The summed E-state index contributed by atoms with van der Waals surface area (Å²) in [6.07, 6.45) is 3.38. The highest BCUT2D eigenvalue weighted by Crippen LogP contribution is 2.26. The number of rotatable bonds is 5. The summed E-state index contributed by atoms with van der Waals surface area (Å²) in [6, 6.07) is 3.12. The first-order valence-corrected chi connectivity index (χ1v) is 9.82. The van der Waals surface area contributed by atoms with Crippen LogP contribution in [0.15, 0.2) is 24.4 Å². The van der Waals surface area contributed by atoms with E-state index < -0.39 is 11.6 Å². The molecule has 0 saturated carbocycles. The molecular formula is C21H26F2N4O2. The number of carbonyl (C=O) groups excluding carboxylic acids is 2. The fraction of sp³-hybridized carbons (Fsp3) is 0.476. The van der Waals surface area contributed by atoms with Crippen molar-refractivity contribution in [2.45, 2.75) is 39.2 Å². The second-order valence-electron chi connectivity index (χ2n) is 7.92. The van der Waals surface area contributed by atoms with Crippen molar-refractivity contribution < 1.29 is 18.4 Å². The zero-order valence-corrected chi connectivity index (χ0v) is 16.9. The van der Waals surface area contributed by atoms with Crippen LogP contribution in [0.4, 0.5) is 8.78 Å². The molecule has 1 fully saturated rings. The molecule has 0 unspecified atom stereocenters. The molecule has 0 atom stereocenters. The summed E-state index contributed by atoms with van der Waals surface area (Å²) in [5.74, 6) is -1.35. The van der Waals surface area contributed by atoms with E-state index in [1.54, 1.807) is 7.05 Å². The molecule has 2 amide bonds. The zero-order chi connectivity index (χ0) is 21.1. The quantitative estimate of drug-likeness (QED) is 0.833. The molecule has 3 rings (SSSR count). The number of piperidine rings is 1. The van der Waals surface area contributed by atoms with Crippen LogP contribution in [-0.2, 0) is 11.8 Å². The van der Waals surface area contributed by atoms with E-state index >= 15 is 0 Å². The van der Waals surface area contributed by atoms with Crippen molar-refractivity contribution >= 4 is 11.8 Å². The van der Waals surface area contributed by atoms with E-state index in [1.165, 1.54) is 16.9 Å². The van der Waals surface area contributed by atoms with Gasteiger partial charge in [0.1, 0.15) is 17.3 Å². The minimum Gasteiger partial charge on any atom is -0.349 e. The first-order valence-electron chi connectivity index (χ1n) is 9.82. The molecule has 1 N–H and O–H groups in total. The number of aromatic nitrogens is 2. The van der Waals surface area contributed by atoms with Crippen LogP contribution < -0.4 is 5.32 Å². The van der Waals surface area contributed by atoms with Crippen LogP contribution in [0.3, 0.4) is 0 Å². The van der Waals surface area contributed by atoms with Crippen LogP contribution in [0.2, 0.25) is 0 Å². The zero-order valence-electron chi connectivity index (χ0n) is 16.9. The maximum Gasteiger partial charge on any atom is 0.255 e. The summed E-state index contributed by atoms with van der Waals surface area (Å²) in [6.45, 7) is 5.23. The number of benzene rings is 1. The van der Waals surface area contributed by atoms with Gasteiger partial charge < -0.3 is 10.2 Å². The lowest BCUT2D eigenvalue weighted by molar-refractivity contribution is -0.133. The minimum absolute atomic E-state index is 0.0725. The molecule has 1 aromatic heterocycles. The summed E-state index contributed by atoms with van der Waals surface area (Å²) in [7, 11) is 1.64. The molecule has 1 aliphatic heterocycles. The predicted octanol–water partition coefficient (Wildman–Crippen LogP) is 3.13. The number of halogens is 2. The van der Waals surface area contributed by atoms with Gasteiger partial charge in [0.2, 0.25) is 5.91 Å². The molecule has 6 nitrogen and oxygen atoms in total. The Labute approximate surface area is 168 Å². The Bertz CT molecular complexity index is 902. The summed E-state index contributed by atoms with van der Waals surface area (Å²) in [4.78, 5) is 26.8. The maximum atomic E-state index is 14.2. The lowest BCUT2D eigenvalue weighted by atomic mass is 10.0. The molecule has 0 spiro atoms. The number of carbonyl (C=O) groups is 2. The molecule has 2 heterocycles. The lowest BCUT2D eigenvalue weighted by Gasteiger charge is -2.32. The van der Waals surface area contributed by atoms with Gasteiger partial charge in [-0.25, -0.2) is 8.78 Å². The third-order valence-electron chi connectivity index (χ3n) is 5.03. The van der Waals surface area contributed by atoms with Crippen LogP contribution >= 0.6 is 0 Å².